The highest BCUT2D eigenvalue weighted by atomic mass is 16.5. The molecule has 0 heterocycles. The highest BCUT2D eigenvalue weighted by Gasteiger charge is 2.10. The van der Waals surface area contributed by atoms with E-state index in [9.17, 15) is 4.79 Å². The molecule has 0 aliphatic rings. The van der Waals surface area contributed by atoms with Gasteiger partial charge in [-0.1, -0.05) is 30.3 Å². The highest BCUT2D eigenvalue weighted by molar-refractivity contribution is 5.73. The van der Waals surface area contributed by atoms with Gasteiger partial charge in [0.15, 0.2) is 0 Å². The number of hydrogen-bond donors (Lipinski definition) is 2. The molecular weight excluding hydrogens is 242 g/mol. The fraction of sp³-hybridized carbons (Fsp3) is 0.500. The van der Waals surface area contributed by atoms with Gasteiger partial charge in [0.05, 0.1) is 12.6 Å². The fourth-order valence-corrected chi connectivity index (χ4v) is 1.70. The molecule has 1 unspecified atom stereocenters. The lowest BCUT2D eigenvalue weighted by Gasteiger charge is -2.19. The number of nitrogens with one attached hydrogen (secondary N) is 2. The van der Waals surface area contributed by atoms with Gasteiger partial charge in [-0.2, -0.15) is 0 Å². The zero-order valence-corrected chi connectivity index (χ0v) is 11.8. The van der Waals surface area contributed by atoms with E-state index in [4.69, 9.17) is 4.74 Å². The second kappa shape index (κ2) is 8.50. The first-order valence-corrected chi connectivity index (χ1v) is 6.37. The summed E-state index contributed by atoms with van der Waals surface area (Å²) in [6.07, 6.45) is 0. The van der Waals surface area contributed by atoms with Gasteiger partial charge in [-0.05, 0) is 5.56 Å². The Labute approximate surface area is 114 Å². The average molecular weight is 265 g/mol. The maximum atomic E-state index is 11.3. The van der Waals surface area contributed by atoms with Gasteiger partial charge in [0.1, 0.15) is 0 Å². The number of methoxy groups -OCH3 is 1. The van der Waals surface area contributed by atoms with Crippen molar-refractivity contribution in [1.29, 1.82) is 0 Å². The van der Waals surface area contributed by atoms with E-state index in [1.807, 2.05) is 18.2 Å². The normalized spacial score (nSPS) is 11.9. The molecule has 0 radical (unpaired) electrons. The Bertz CT molecular complexity index is 368. The Morgan fingerprint density at radius 3 is 2.53 bits per heavy atom. The summed E-state index contributed by atoms with van der Waals surface area (Å²) in [7, 11) is 5.13. The minimum atomic E-state index is -0.0789. The molecule has 0 spiro atoms. The smallest absolute Gasteiger partial charge is 0.316 e. The number of amides is 2. The number of nitrogens with zero attached hydrogens (tertiary/aromatic N) is 1. The van der Waals surface area contributed by atoms with E-state index in [2.05, 4.69) is 22.8 Å². The summed E-state index contributed by atoms with van der Waals surface area (Å²) in [5.41, 5.74) is 1.18. The van der Waals surface area contributed by atoms with Gasteiger partial charge in [0.2, 0.25) is 0 Å². The van der Waals surface area contributed by atoms with Crippen LogP contribution >= 0.6 is 0 Å². The summed E-state index contributed by atoms with van der Waals surface area (Å²) in [5, 5.41) is 6.19. The Morgan fingerprint density at radius 2 is 1.95 bits per heavy atom. The molecule has 5 nitrogen and oxygen atoms in total. The average Bonchev–Trinajstić information content (AvgIpc) is 2.42. The maximum absolute atomic E-state index is 11.3. The Hall–Kier alpha value is -1.59. The van der Waals surface area contributed by atoms with E-state index >= 15 is 0 Å². The third-order valence-electron chi connectivity index (χ3n) is 2.73. The van der Waals surface area contributed by atoms with Crippen LogP contribution in [-0.4, -0.2) is 51.8 Å². The van der Waals surface area contributed by atoms with Crippen LogP contribution in [0.1, 0.15) is 11.6 Å². The van der Waals surface area contributed by atoms with Crippen molar-refractivity contribution in [2.45, 2.75) is 6.04 Å². The lowest BCUT2D eigenvalue weighted by atomic mass is 10.1. The first kappa shape index (κ1) is 15.5. The van der Waals surface area contributed by atoms with Crippen molar-refractivity contribution in [2.24, 2.45) is 0 Å². The first-order valence-electron chi connectivity index (χ1n) is 6.37. The van der Waals surface area contributed by atoms with Crippen molar-refractivity contribution in [2.75, 3.05) is 40.9 Å². The van der Waals surface area contributed by atoms with Crippen LogP contribution in [0.5, 0.6) is 0 Å². The molecule has 1 aromatic carbocycles. The van der Waals surface area contributed by atoms with Gasteiger partial charge >= 0.3 is 6.03 Å². The third kappa shape index (κ3) is 5.72. The molecule has 5 heteroatoms. The standard InChI is InChI=1S/C14H23N3O2/c1-17(2)14(18)16-10-9-15-13(11-19-3)12-7-5-4-6-8-12/h4-8,13,15H,9-11H2,1-3H3,(H,16,18). The number of benzene rings is 1. The molecule has 0 fully saturated rings. The molecule has 1 rings (SSSR count). The predicted octanol–water partition coefficient (Wildman–Crippen LogP) is 1.23. The summed E-state index contributed by atoms with van der Waals surface area (Å²) >= 11 is 0. The van der Waals surface area contributed by atoms with Crippen molar-refractivity contribution in [1.82, 2.24) is 15.5 Å². The van der Waals surface area contributed by atoms with E-state index in [0.29, 0.717) is 19.7 Å². The van der Waals surface area contributed by atoms with E-state index in [0.717, 1.165) is 0 Å². The van der Waals surface area contributed by atoms with Crippen LogP contribution in [0.3, 0.4) is 0 Å². The minimum Gasteiger partial charge on any atom is -0.383 e. The largest absolute Gasteiger partial charge is 0.383 e. The Kier molecular flexibility index (Phi) is 6.92. The molecule has 0 aromatic heterocycles. The van der Waals surface area contributed by atoms with Crippen molar-refractivity contribution < 1.29 is 9.53 Å². The summed E-state index contributed by atoms with van der Waals surface area (Å²) in [4.78, 5) is 12.9. The number of hydrogen-bond acceptors (Lipinski definition) is 3. The van der Waals surface area contributed by atoms with Crippen LogP contribution in [0.2, 0.25) is 0 Å². The van der Waals surface area contributed by atoms with Crippen molar-refractivity contribution >= 4 is 6.03 Å². The number of rotatable bonds is 7. The van der Waals surface area contributed by atoms with Crippen LogP contribution in [0.4, 0.5) is 4.79 Å². The van der Waals surface area contributed by atoms with Gasteiger partial charge in [-0.25, -0.2) is 4.79 Å². The molecule has 2 N–H and O–H groups in total. The Morgan fingerprint density at radius 1 is 1.26 bits per heavy atom. The van der Waals surface area contributed by atoms with Crippen molar-refractivity contribution in [3.8, 4) is 0 Å². The third-order valence-corrected chi connectivity index (χ3v) is 2.73. The molecule has 1 aromatic rings. The molecule has 0 aliphatic heterocycles. The molecule has 1 atom stereocenters. The lowest BCUT2D eigenvalue weighted by Crippen LogP contribution is -2.39. The zero-order chi connectivity index (χ0) is 14.1. The maximum Gasteiger partial charge on any atom is 0.316 e. The second-order valence-corrected chi connectivity index (χ2v) is 4.50. The Balaban J connectivity index is 2.37. The quantitative estimate of drug-likeness (QED) is 0.729. The first-order chi connectivity index (χ1) is 9.15. The fourth-order valence-electron chi connectivity index (χ4n) is 1.70. The molecule has 2 amide bonds. The summed E-state index contributed by atoms with van der Waals surface area (Å²) < 4.78 is 5.22. The van der Waals surface area contributed by atoms with E-state index in [1.54, 1.807) is 21.2 Å². The molecule has 0 saturated heterocycles. The molecule has 19 heavy (non-hydrogen) atoms. The second-order valence-electron chi connectivity index (χ2n) is 4.50. The topological polar surface area (TPSA) is 53.6 Å². The van der Waals surface area contributed by atoms with E-state index in [-0.39, 0.29) is 12.1 Å². The summed E-state index contributed by atoms with van der Waals surface area (Å²) in [5.74, 6) is 0. The molecule has 0 aliphatic carbocycles. The molecule has 106 valence electrons. The highest BCUT2D eigenvalue weighted by Crippen LogP contribution is 2.11. The van der Waals surface area contributed by atoms with Crippen LogP contribution in [0.15, 0.2) is 30.3 Å². The summed E-state index contributed by atoms with van der Waals surface area (Å²) in [6, 6.07) is 10.2. The van der Waals surface area contributed by atoms with E-state index < -0.39 is 0 Å². The molecule has 0 bridgehead atoms. The number of carbonyl (C=O) groups is 1. The van der Waals surface area contributed by atoms with Crippen LogP contribution in [-0.2, 0) is 4.74 Å². The van der Waals surface area contributed by atoms with Gasteiger partial charge in [-0.3, -0.25) is 0 Å². The van der Waals surface area contributed by atoms with Crippen LogP contribution in [0, 0.1) is 0 Å². The van der Waals surface area contributed by atoms with Crippen LogP contribution in [0.25, 0.3) is 0 Å². The monoisotopic (exact) mass is 265 g/mol. The number of carbonyl (C=O) groups excluding carboxylic acids is 1. The summed E-state index contributed by atoms with van der Waals surface area (Å²) in [6.45, 7) is 1.89. The molecule has 0 saturated carbocycles. The number of ether oxygens (including phenoxy) is 1. The van der Waals surface area contributed by atoms with Crippen molar-refractivity contribution in [3.63, 3.8) is 0 Å². The van der Waals surface area contributed by atoms with Gasteiger partial charge < -0.3 is 20.3 Å². The molecular formula is C14H23N3O2. The van der Waals surface area contributed by atoms with E-state index in [1.165, 1.54) is 10.5 Å². The van der Waals surface area contributed by atoms with Crippen molar-refractivity contribution in [3.05, 3.63) is 35.9 Å². The van der Waals surface area contributed by atoms with Gasteiger partial charge in [-0.15, -0.1) is 0 Å². The number of urea groups is 1. The minimum absolute atomic E-state index is 0.0789. The predicted molar refractivity (Wildman–Crippen MR) is 76.1 cm³/mol. The van der Waals surface area contributed by atoms with Gasteiger partial charge in [0.25, 0.3) is 0 Å². The SMILES string of the molecule is COCC(NCCNC(=O)N(C)C)c1ccccc1. The lowest BCUT2D eigenvalue weighted by molar-refractivity contribution is 0.167. The van der Waals surface area contributed by atoms with Gasteiger partial charge in [0, 0.05) is 34.3 Å². The van der Waals surface area contributed by atoms with Crippen LogP contribution < -0.4 is 10.6 Å². The zero-order valence-electron chi connectivity index (χ0n) is 11.8.